The Bertz CT molecular complexity index is 742. The Labute approximate surface area is 160 Å². The molecule has 1 amide bonds. The molecule has 1 fully saturated rings. The lowest BCUT2D eigenvalue weighted by Crippen LogP contribution is -2.48. The highest BCUT2D eigenvalue weighted by Gasteiger charge is 2.25. The molecule has 0 spiro atoms. The average Bonchev–Trinajstić information content (AvgIpc) is 3.05. The number of benzene rings is 1. The van der Waals surface area contributed by atoms with Crippen LogP contribution in [0.2, 0.25) is 0 Å². The molecule has 7 heteroatoms. The van der Waals surface area contributed by atoms with E-state index in [1.165, 1.54) is 4.88 Å². The van der Waals surface area contributed by atoms with Crippen LogP contribution < -0.4 is 9.47 Å². The Morgan fingerprint density at radius 1 is 1.12 bits per heavy atom. The number of nitrogens with zero attached hydrogens (tertiary/aromatic N) is 2. The molecule has 0 atom stereocenters. The third-order valence-corrected chi connectivity index (χ3v) is 5.91. The van der Waals surface area contributed by atoms with Crippen LogP contribution >= 0.6 is 27.3 Å². The van der Waals surface area contributed by atoms with Crippen LogP contribution in [0.15, 0.2) is 34.1 Å². The Kier molecular flexibility index (Phi) is 5.98. The molecule has 0 N–H and O–H groups in total. The maximum absolute atomic E-state index is 12.9. The number of ether oxygens (including phenoxy) is 2. The van der Waals surface area contributed by atoms with Crippen molar-refractivity contribution in [2.45, 2.75) is 6.54 Å². The predicted octanol–water partition coefficient (Wildman–Crippen LogP) is 3.49. The van der Waals surface area contributed by atoms with Gasteiger partial charge < -0.3 is 14.4 Å². The van der Waals surface area contributed by atoms with E-state index in [1.807, 2.05) is 11.0 Å². The molecule has 2 aromatic rings. The second-order valence-electron chi connectivity index (χ2n) is 5.82. The zero-order valence-corrected chi connectivity index (χ0v) is 16.7. The van der Waals surface area contributed by atoms with Crippen molar-refractivity contribution in [2.75, 3.05) is 40.4 Å². The lowest BCUT2D eigenvalue weighted by molar-refractivity contribution is 0.0626. The topological polar surface area (TPSA) is 42.0 Å². The third-order valence-electron chi connectivity index (χ3n) is 4.30. The Morgan fingerprint density at radius 2 is 1.88 bits per heavy atom. The molecular weight excluding hydrogens is 404 g/mol. The molecule has 3 rings (SSSR count). The van der Waals surface area contributed by atoms with Gasteiger partial charge in [0, 0.05) is 37.6 Å². The number of hydrogen-bond acceptors (Lipinski definition) is 5. The fourth-order valence-corrected chi connectivity index (χ4v) is 4.52. The van der Waals surface area contributed by atoms with Crippen molar-refractivity contribution >= 4 is 33.2 Å². The predicted molar refractivity (Wildman–Crippen MR) is 103 cm³/mol. The van der Waals surface area contributed by atoms with Crippen molar-refractivity contribution in [1.82, 2.24) is 9.80 Å². The van der Waals surface area contributed by atoms with Crippen molar-refractivity contribution in [3.63, 3.8) is 0 Å². The maximum atomic E-state index is 12.9. The van der Waals surface area contributed by atoms with Gasteiger partial charge in [-0.1, -0.05) is 6.07 Å². The van der Waals surface area contributed by atoms with E-state index >= 15 is 0 Å². The van der Waals surface area contributed by atoms with Crippen molar-refractivity contribution in [1.29, 1.82) is 0 Å². The molecule has 134 valence electrons. The van der Waals surface area contributed by atoms with Gasteiger partial charge in [-0.15, -0.1) is 11.3 Å². The van der Waals surface area contributed by atoms with Crippen molar-refractivity contribution in [2.24, 2.45) is 0 Å². The fraction of sp³-hybridized carbons (Fsp3) is 0.389. The van der Waals surface area contributed by atoms with E-state index in [1.54, 1.807) is 37.7 Å². The summed E-state index contributed by atoms with van der Waals surface area (Å²) in [6, 6.07) is 9.63. The molecule has 1 aliphatic rings. The SMILES string of the molecule is COc1cccc(C(=O)N2CCN(Cc3ccc(Br)s3)CC2)c1OC. The molecule has 0 radical (unpaired) electrons. The number of piperazine rings is 1. The summed E-state index contributed by atoms with van der Waals surface area (Å²) in [6.07, 6.45) is 0. The molecule has 1 aliphatic heterocycles. The number of halogens is 1. The summed E-state index contributed by atoms with van der Waals surface area (Å²) in [5, 5.41) is 0. The van der Waals surface area contributed by atoms with Gasteiger partial charge in [0.25, 0.3) is 5.91 Å². The first kappa shape index (κ1) is 18.2. The average molecular weight is 425 g/mol. The van der Waals surface area contributed by atoms with Gasteiger partial charge in [-0.25, -0.2) is 0 Å². The lowest BCUT2D eigenvalue weighted by Gasteiger charge is -2.34. The highest BCUT2D eigenvalue weighted by Crippen LogP contribution is 2.31. The van der Waals surface area contributed by atoms with Gasteiger partial charge in [0.2, 0.25) is 0 Å². The van der Waals surface area contributed by atoms with Gasteiger partial charge in [0.05, 0.1) is 23.6 Å². The highest BCUT2D eigenvalue weighted by atomic mass is 79.9. The van der Waals surface area contributed by atoms with E-state index < -0.39 is 0 Å². The lowest BCUT2D eigenvalue weighted by atomic mass is 10.1. The molecule has 1 aromatic carbocycles. The largest absolute Gasteiger partial charge is 0.493 e. The Balaban J connectivity index is 1.64. The molecule has 1 saturated heterocycles. The summed E-state index contributed by atoms with van der Waals surface area (Å²) in [5.41, 5.74) is 0.553. The van der Waals surface area contributed by atoms with Gasteiger partial charge in [-0.05, 0) is 40.2 Å². The summed E-state index contributed by atoms with van der Waals surface area (Å²) in [5.74, 6) is 1.07. The standard InChI is InChI=1S/C18H21BrN2O3S/c1-23-15-5-3-4-14(17(15)24-2)18(22)21-10-8-20(9-11-21)12-13-6-7-16(19)25-13/h3-7H,8-12H2,1-2H3. The van der Waals surface area contributed by atoms with Crippen LogP contribution in [0.5, 0.6) is 11.5 Å². The van der Waals surface area contributed by atoms with E-state index in [0.717, 1.165) is 23.4 Å². The number of carbonyl (C=O) groups is 1. The molecule has 0 unspecified atom stereocenters. The summed E-state index contributed by atoms with van der Waals surface area (Å²) >= 11 is 5.26. The van der Waals surface area contributed by atoms with Gasteiger partial charge in [-0.3, -0.25) is 9.69 Å². The van der Waals surface area contributed by atoms with Crippen LogP contribution in [0.1, 0.15) is 15.2 Å². The zero-order valence-electron chi connectivity index (χ0n) is 14.3. The molecule has 25 heavy (non-hydrogen) atoms. The first-order valence-electron chi connectivity index (χ1n) is 8.09. The molecule has 0 saturated carbocycles. The number of thiophene rings is 1. The number of hydrogen-bond donors (Lipinski definition) is 0. The van der Waals surface area contributed by atoms with Gasteiger partial charge in [-0.2, -0.15) is 0 Å². The van der Waals surface area contributed by atoms with Crippen LogP contribution in [0, 0.1) is 0 Å². The summed E-state index contributed by atoms with van der Waals surface area (Å²) in [7, 11) is 3.14. The van der Waals surface area contributed by atoms with Gasteiger partial charge >= 0.3 is 0 Å². The first-order chi connectivity index (χ1) is 12.1. The normalized spacial score (nSPS) is 15.2. The van der Waals surface area contributed by atoms with E-state index in [4.69, 9.17) is 9.47 Å². The van der Waals surface area contributed by atoms with Crippen molar-refractivity contribution in [3.05, 3.63) is 44.6 Å². The minimum Gasteiger partial charge on any atom is -0.493 e. The third kappa shape index (κ3) is 4.16. The quantitative estimate of drug-likeness (QED) is 0.736. The number of amides is 1. The minimum atomic E-state index is -0.00531. The van der Waals surface area contributed by atoms with Crippen molar-refractivity contribution < 1.29 is 14.3 Å². The van der Waals surface area contributed by atoms with Crippen LogP contribution in [0.3, 0.4) is 0 Å². The number of carbonyl (C=O) groups excluding carboxylic acids is 1. The molecule has 1 aromatic heterocycles. The first-order valence-corrected chi connectivity index (χ1v) is 9.70. The fourth-order valence-electron chi connectivity index (χ4n) is 2.99. The molecule has 0 aliphatic carbocycles. The van der Waals surface area contributed by atoms with E-state index in [9.17, 15) is 4.79 Å². The molecule has 5 nitrogen and oxygen atoms in total. The van der Waals surface area contributed by atoms with Crippen LogP contribution in [0.4, 0.5) is 0 Å². The van der Waals surface area contributed by atoms with Crippen LogP contribution in [0.25, 0.3) is 0 Å². The Hall–Kier alpha value is -1.57. The zero-order chi connectivity index (χ0) is 17.8. The Morgan fingerprint density at radius 3 is 2.48 bits per heavy atom. The molecule has 0 bridgehead atoms. The van der Waals surface area contributed by atoms with Crippen molar-refractivity contribution in [3.8, 4) is 11.5 Å². The van der Waals surface area contributed by atoms with E-state index in [0.29, 0.717) is 30.2 Å². The van der Waals surface area contributed by atoms with Crippen LogP contribution in [-0.4, -0.2) is 56.1 Å². The second kappa shape index (κ2) is 8.21. The summed E-state index contributed by atoms with van der Waals surface area (Å²) in [6.45, 7) is 4.10. The van der Waals surface area contributed by atoms with Crippen LogP contribution in [-0.2, 0) is 6.54 Å². The number of rotatable bonds is 5. The number of para-hydroxylation sites is 1. The smallest absolute Gasteiger partial charge is 0.257 e. The highest BCUT2D eigenvalue weighted by molar-refractivity contribution is 9.11. The monoisotopic (exact) mass is 424 g/mol. The second-order valence-corrected chi connectivity index (χ2v) is 8.36. The number of methoxy groups -OCH3 is 2. The van der Waals surface area contributed by atoms with Gasteiger partial charge in [0.15, 0.2) is 11.5 Å². The molecule has 2 heterocycles. The maximum Gasteiger partial charge on any atom is 0.257 e. The van der Waals surface area contributed by atoms with Gasteiger partial charge in [0.1, 0.15) is 0 Å². The van der Waals surface area contributed by atoms with E-state index in [-0.39, 0.29) is 5.91 Å². The molecular formula is C18H21BrN2O3S. The van der Waals surface area contributed by atoms with E-state index in [2.05, 4.69) is 33.0 Å². The summed E-state index contributed by atoms with van der Waals surface area (Å²) < 4.78 is 11.8. The summed E-state index contributed by atoms with van der Waals surface area (Å²) in [4.78, 5) is 18.5. The minimum absolute atomic E-state index is 0.00531.